The highest BCUT2D eigenvalue weighted by molar-refractivity contribution is 5.90. The molecule has 2 rings (SSSR count). The summed E-state index contributed by atoms with van der Waals surface area (Å²) in [7, 11) is 0. The SMILES string of the molecule is CC(Nc1c(NN(C(=O)O)c2ccc(C#N)cc2)c(=O)c1=O)C(C)(C)C. The monoisotopic (exact) mass is 356 g/mol. The number of amides is 1. The summed E-state index contributed by atoms with van der Waals surface area (Å²) in [6, 6.07) is 7.57. The molecule has 0 spiro atoms. The van der Waals surface area contributed by atoms with Crippen molar-refractivity contribution >= 4 is 23.2 Å². The average Bonchev–Trinajstić information content (AvgIpc) is 2.59. The summed E-state index contributed by atoms with van der Waals surface area (Å²) in [6.45, 7) is 7.80. The van der Waals surface area contributed by atoms with E-state index in [1.807, 2.05) is 33.8 Å². The number of nitriles is 1. The van der Waals surface area contributed by atoms with E-state index in [0.717, 1.165) is 5.01 Å². The minimum absolute atomic E-state index is 0.0670. The Morgan fingerprint density at radius 3 is 2.15 bits per heavy atom. The van der Waals surface area contributed by atoms with Crippen molar-refractivity contribution in [1.29, 1.82) is 5.26 Å². The van der Waals surface area contributed by atoms with E-state index in [9.17, 15) is 19.5 Å². The van der Waals surface area contributed by atoms with Crippen molar-refractivity contribution in [3.05, 3.63) is 50.3 Å². The van der Waals surface area contributed by atoms with Gasteiger partial charge in [0.05, 0.1) is 17.3 Å². The number of hydrogen-bond donors (Lipinski definition) is 3. The number of carbonyl (C=O) groups is 1. The van der Waals surface area contributed by atoms with E-state index in [2.05, 4.69) is 10.7 Å². The first-order valence-electron chi connectivity index (χ1n) is 7.96. The normalized spacial score (nSPS) is 12.3. The van der Waals surface area contributed by atoms with E-state index < -0.39 is 17.0 Å². The lowest BCUT2D eigenvalue weighted by molar-refractivity contribution is 0.203. The van der Waals surface area contributed by atoms with Crippen LogP contribution in [-0.4, -0.2) is 17.2 Å². The zero-order valence-corrected chi connectivity index (χ0v) is 15.0. The number of hydrogen-bond acceptors (Lipinski definition) is 6. The summed E-state index contributed by atoms with van der Waals surface area (Å²) in [5.74, 6) is 0. The Morgan fingerprint density at radius 1 is 1.15 bits per heavy atom. The second-order valence-corrected chi connectivity index (χ2v) is 7.03. The van der Waals surface area contributed by atoms with Crippen molar-refractivity contribution in [1.82, 2.24) is 0 Å². The summed E-state index contributed by atoms with van der Waals surface area (Å²) >= 11 is 0. The molecule has 0 aliphatic rings. The van der Waals surface area contributed by atoms with Gasteiger partial charge in [0.1, 0.15) is 11.4 Å². The van der Waals surface area contributed by atoms with Crippen LogP contribution in [0.5, 0.6) is 0 Å². The summed E-state index contributed by atoms with van der Waals surface area (Å²) in [4.78, 5) is 35.4. The maximum Gasteiger partial charge on any atom is 0.430 e. The minimum Gasteiger partial charge on any atom is -0.463 e. The third-order valence-corrected chi connectivity index (χ3v) is 4.24. The van der Waals surface area contributed by atoms with Crippen molar-refractivity contribution in [2.45, 2.75) is 33.7 Å². The predicted molar refractivity (Wildman–Crippen MR) is 99.2 cm³/mol. The molecule has 3 N–H and O–H groups in total. The highest BCUT2D eigenvalue weighted by atomic mass is 16.4. The predicted octanol–water partition coefficient (Wildman–Crippen LogP) is 2.51. The number of carboxylic acid groups (broad SMARTS) is 1. The Bertz CT molecular complexity index is 928. The average molecular weight is 356 g/mol. The molecule has 0 bridgehead atoms. The lowest BCUT2D eigenvalue weighted by Gasteiger charge is -2.31. The molecule has 136 valence electrons. The van der Waals surface area contributed by atoms with Gasteiger partial charge in [0.25, 0.3) is 10.9 Å². The van der Waals surface area contributed by atoms with Gasteiger partial charge in [-0.3, -0.25) is 15.0 Å². The highest BCUT2D eigenvalue weighted by Crippen LogP contribution is 2.26. The number of benzene rings is 1. The number of hydrazine groups is 1. The van der Waals surface area contributed by atoms with Crippen LogP contribution in [0.3, 0.4) is 0 Å². The molecule has 1 unspecified atom stereocenters. The van der Waals surface area contributed by atoms with E-state index in [1.54, 1.807) is 0 Å². The first-order valence-corrected chi connectivity index (χ1v) is 7.96. The second kappa shape index (κ2) is 6.88. The molecule has 0 fully saturated rings. The summed E-state index contributed by atoms with van der Waals surface area (Å²) < 4.78 is 0. The number of nitrogens with zero attached hydrogens (tertiary/aromatic N) is 2. The van der Waals surface area contributed by atoms with E-state index in [0.29, 0.717) is 5.56 Å². The van der Waals surface area contributed by atoms with Gasteiger partial charge in [0, 0.05) is 6.04 Å². The molecule has 2 aromatic carbocycles. The quantitative estimate of drug-likeness (QED) is 0.555. The van der Waals surface area contributed by atoms with Gasteiger partial charge < -0.3 is 10.4 Å². The largest absolute Gasteiger partial charge is 0.463 e. The van der Waals surface area contributed by atoms with E-state index in [4.69, 9.17) is 5.26 Å². The second-order valence-electron chi connectivity index (χ2n) is 7.03. The maximum atomic E-state index is 11.9. The molecule has 1 amide bonds. The Morgan fingerprint density at radius 2 is 1.69 bits per heavy atom. The van der Waals surface area contributed by atoms with Crippen LogP contribution in [0, 0.1) is 16.7 Å². The maximum absolute atomic E-state index is 11.9. The molecule has 0 radical (unpaired) electrons. The van der Waals surface area contributed by atoms with Gasteiger partial charge in [-0.15, -0.1) is 0 Å². The molecule has 26 heavy (non-hydrogen) atoms. The van der Waals surface area contributed by atoms with Crippen molar-refractivity contribution in [2.24, 2.45) is 5.41 Å². The van der Waals surface area contributed by atoms with Crippen LogP contribution < -0.4 is 26.6 Å². The molecular weight excluding hydrogens is 336 g/mol. The van der Waals surface area contributed by atoms with Crippen LogP contribution in [0.2, 0.25) is 0 Å². The fourth-order valence-corrected chi connectivity index (χ4v) is 2.09. The minimum atomic E-state index is -1.36. The topological polar surface area (TPSA) is 123 Å². The number of nitrogens with one attached hydrogen (secondary N) is 2. The molecule has 8 heteroatoms. The van der Waals surface area contributed by atoms with Crippen molar-refractivity contribution in [3.8, 4) is 6.07 Å². The molecule has 1 atom stereocenters. The number of anilines is 3. The summed E-state index contributed by atoms with van der Waals surface area (Å²) in [5, 5.41) is 22.0. The molecule has 0 saturated heterocycles. The van der Waals surface area contributed by atoms with Gasteiger partial charge in [-0.1, -0.05) is 20.8 Å². The van der Waals surface area contributed by atoms with Gasteiger partial charge >= 0.3 is 6.09 Å². The third kappa shape index (κ3) is 3.67. The Hall–Kier alpha value is -3.34. The standard InChI is InChI=1S/C18H20N4O4/c1-10(18(2,3)4)20-13-14(16(24)15(13)23)21-22(17(25)26)12-7-5-11(9-19)6-8-12/h5-8,10,20-21H,1-4H3,(H,25,26). The van der Waals surface area contributed by atoms with Crippen LogP contribution in [-0.2, 0) is 0 Å². The van der Waals surface area contributed by atoms with E-state index in [1.165, 1.54) is 24.3 Å². The third-order valence-electron chi connectivity index (χ3n) is 4.24. The van der Waals surface area contributed by atoms with Gasteiger partial charge in [-0.25, -0.2) is 4.79 Å². The summed E-state index contributed by atoms with van der Waals surface area (Å²) in [6.07, 6.45) is -1.36. The lowest BCUT2D eigenvalue weighted by Crippen LogP contribution is -2.46. The Balaban J connectivity index is 2.31. The van der Waals surface area contributed by atoms with Crippen LogP contribution in [0.25, 0.3) is 0 Å². The number of rotatable bonds is 5. The van der Waals surface area contributed by atoms with Gasteiger partial charge in [0.2, 0.25) is 0 Å². The first kappa shape index (κ1) is 19.0. The van der Waals surface area contributed by atoms with E-state index in [-0.39, 0.29) is 28.5 Å². The molecule has 0 aliphatic heterocycles. The molecule has 8 nitrogen and oxygen atoms in total. The van der Waals surface area contributed by atoms with Crippen LogP contribution in [0.15, 0.2) is 33.9 Å². The molecule has 0 aliphatic carbocycles. The van der Waals surface area contributed by atoms with Crippen molar-refractivity contribution < 1.29 is 9.90 Å². The van der Waals surface area contributed by atoms with E-state index >= 15 is 0 Å². The Labute approximate surface area is 150 Å². The van der Waals surface area contributed by atoms with Crippen LogP contribution in [0.1, 0.15) is 33.3 Å². The molecule has 0 aromatic heterocycles. The molecule has 2 aromatic rings. The lowest BCUT2D eigenvalue weighted by atomic mass is 9.87. The first-order chi connectivity index (χ1) is 12.1. The zero-order valence-electron chi connectivity index (χ0n) is 15.0. The summed E-state index contributed by atoms with van der Waals surface area (Å²) in [5.41, 5.74) is 1.40. The fourth-order valence-electron chi connectivity index (χ4n) is 2.09. The highest BCUT2D eigenvalue weighted by Gasteiger charge is 2.29. The smallest absolute Gasteiger partial charge is 0.430 e. The Kier molecular flexibility index (Phi) is 5.02. The molecular formula is C18H20N4O4. The molecule has 0 saturated carbocycles. The van der Waals surface area contributed by atoms with Gasteiger partial charge in [-0.2, -0.15) is 10.3 Å². The van der Waals surface area contributed by atoms with Crippen LogP contribution in [0.4, 0.5) is 21.9 Å². The fraction of sp³-hybridized carbons (Fsp3) is 0.333. The van der Waals surface area contributed by atoms with Gasteiger partial charge in [-0.05, 0) is 36.6 Å². The van der Waals surface area contributed by atoms with Gasteiger partial charge in [0.15, 0.2) is 0 Å². The zero-order chi connectivity index (χ0) is 19.6. The van der Waals surface area contributed by atoms with Crippen molar-refractivity contribution in [3.63, 3.8) is 0 Å². The molecule has 0 heterocycles. The van der Waals surface area contributed by atoms with Crippen molar-refractivity contribution in [2.75, 3.05) is 15.8 Å². The van der Waals surface area contributed by atoms with Crippen LogP contribution >= 0.6 is 0 Å².